The van der Waals surface area contributed by atoms with E-state index in [0.717, 1.165) is 60.6 Å². The predicted octanol–water partition coefficient (Wildman–Crippen LogP) is 8.35. The van der Waals surface area contributed by atoms with Gasteiger partial charge in [0, 0.05) is 26.9 Å². The van der Waals surface area contributed by atoms with Gasteiger partial charge < -0.3 is 4.42 Å². The van der Waals surface area contributed by atoms with Crippen LogP contribution in [0.1, 0.15) is 0 Å². The normalized spacial score (nSPS) is 12.4. The van der Waals surface area contributed by atoms with E-state index in [4.69, 9.17) is 14.4 Å². The lowest BCUT2D eigenvalue weighted by molar-refractivity contribution is 0.669. The van der Waals surface area contributed by atoms with Crippen LogP contribution in [0.2, 0.25) is 0 Å². The molecule has 0 aliphatic heterocycles. The molecule has 0 radical (unpaired) electrons. The van der Waals surface area contributed by atoms with Crippen molar-refractivity contribution in [2.24, 2.45) is 0 Å². The minimum Gasteiger partial charge on any atom is -0.456 e. The number of para-hydroxylation sites is 3. The Morgan fingerprint density at radius 3 is 2.22 bits per heavy atom. The summed E-state index contributed by atoms with van der Waals surface area (Å²) >= 11 is 0. The number of nitrogens with zero attached hydrogens (tertiary/aromatic N) is 3. The highest BCUT2D eigenvalue weighted by Gasteiger charge is 2.24. The SMILES string of the molecule is c1ccc(-c2ccc3oc4cc5c6nc7ccccc7nc6n6c7ccccc7c(c4c3c2)c56)cc1. The summed E-state index contributed by atoms with van der Waals surface area (Å²) in [5.41, 5.74) is 10.0. The Bertz CT molecular complexity index is 2310. The molecule has 0 spiro atoms. The molecule has 0 atom stereocenters. The molecule has 0 N–H and O–H groups in total. The van der Waals surface area contributed by atoms with Gasteiger partial charge in [0.05, 0.1) is 22.1 Å². The second kappa shape index (κ2) is 6.37. The first kappa shape index (κ1) is 18.4. The van der Waals surface area contributed by atoms with E-state index >= 15 is 0 Å². The molecule has 0 saturated heterocycles. The molecule has 0 fully saturated rings. The first-order valence-corrected chi connectivity index (χ1v) is 12.1. The van der Waals surface area contributed by atoms with Crippen LogP contribution in [0.25, 0.3) is 82.5 Å². The molecule has 4 aromatic heterocycles. The van der Waals surface area contributed by atoms with Crippen LogP contribution in [0.3, 0.4) is 0 Å². The van der Waals surface area contributed by atoms with Crippen molar-refractivity contribution in [3.8, 4) is 11.1 Å². The Hall–Kier alpha value is -4.96. The summed E-state index contributed by atoms with van der Waals surface area (Å²) in [5.74, 6) is 0. The van der Waals surface area contributed by atoms with Crippen LogP contribution in [-0.2, 0) is 0 Å². The van der Waals surface area contributed by atoms with E-state index in [1.165, 1.54) is 21.9 Å². The maximum atomic E-state index is 6.48. The Morgan fingerprint density at radius 2 is 1.33 bits per heavy atom. The number of furan rings is 1. The third-order valence-corrected chi connectivity index (χ3v) is 7.50. The fourth-order valence-electron chi connectivity index (χ4n) is 5.96. The minimum absolute atomic E-state index is 0.878. The van der Waals surface area contributed by atoms with E-state index < -0.39 is 0 Å². The monoisotopic (exact) mass is 459 g/mol. The van der Waals surface area contributed by atoms with Crippen molar-refractivity contribution >= 4 is 71.3 Å². The maximum Gasteiger partial charge on any atom is 0.165 e. The number of aromatic nitrogens is 3. The minimum atomic E-state index is 0.878. The average molecular weight is 460 g/mol. The molecular weight excluding hydrogens is 442 g/mol. The fraction of sp³-hybridized carbons (Fsp3) is 0. The summed E-state index contributed by atoms with van der Waals surface area (Å²) in [6.45, 7) is 0. The van der Waals surface area contributed by atoms with Crippen molar-refractivity contribution in [3.63, 3.8) is 0 Å². The Labute approximate surface area is 204 Å². The van der Waals surface area contributed by atoms with E-state index in [1.807, 2.05) is 30.3 Å². The van der Waals surface area contributed by atoms with E-state index in [0.29, 0.717) is 0 Å². The quantitative estimate of drug-likeness (QED) is 0.248. The summed E-state index contributed by atoms with van der Waals surface area (Å²) in [4.78, 5) is 10.1. The number of benzene rings is 5. The van der Waals surface area contributed by atoms with Crippen molar-refractivity contribution < 1.29 is 4.42 Å². The van der Waals surface area contributed by atoms with Gasteiger partial charge in [-0.15, -0.1) is 0 Å². The summed E-state index contributed by atoms with van der Waals surface area (Å²) in [5, 5.41) is 5.75. The van der Waals surface area contributed by atoms with Crippen molar-refractivity contribution in [1.82, 2.24) is 14.4 Å². The number of fused-ring (bicyclic) bond motifs is 11. The van der Waals surface area contributed by atoms with Crippen LogP contribution in [0.5, 0.6) is 0 Å². The van der Waals surface area contributed by atoms with Crippen LogP contribution in [0, 0.1) is 0 Å². The van der Waals surface area contributed by atoms with Crippen molar-refractivity contribution in [1.29, 1.82) is 0 Å². The molecular formula is C32H17N3O. The molecule has 166 valence electrons. The maximum absolute atomic E-state index is 6.48. The molecule has 0 bridgehead atoms. The van der Waals surface area contributed by atoms with Gasteiger partial charge in [-0.1, -0.05) is 66.7 Å². The molecule has 4 nitrogen and oxygen atoms in total. The number of hydrogen-bond acceptors (Lipinski definition) is 3. The average Bonchev–Trinajstić information content (AvgIpc) is 3.57. The molecule has 0 saturated carbocycles. The zero-order valence-corrected chi connectivity index (χ0v) is 19.1. The third kappa shape index (κ3) is 2.19. The number of rotatable bonds is 1. The molecule has 0 aliphatic rings. The predicted molar refractivity (Wildman–Crippen MR) is 147 cm³/mol. The van der Waals surface area contributed by atoms with E-state index in [-0.39, 0.29) is 0 Å². The molecule has 5 aromatic carbocycles. The van der Waals surface area contributed by atoms with Crippen LogP contribution in [-0.4, -0.2) is 14.4 Å². The molecule has 9 rings (SSSR count). The van der Waals surface area contributed by atoms with Crippen molar-refractivity contribution in [3.05, 3.63) is 103 Å². The topological polar surface area (TPSA) is 43.3 Å². The summed E-state index contributed by atoms with van der Waals surface area (Å²) in [6, 6.07) is 35.8. The molecule has 9 aromatic rings. The van der Waals surface area contributed by atoms with Gasteiger partial charge in [-0.3, -0.25) is 4.40 Å². The van der Waals surface area contributed by atoms with Gasteiger partial charge in [0.15, 0.2) is 5.65 Å². The zero-order valence-electron chi connectivity index (χ0n) is 19.1. The molecule has 0 aliphatic carbocycles. The smallest absolute Gasteiger partial charge is 0.165 e. The first-order chi connectivity index (χ1) is 17.8. The van der Waals surface area contributed by atoms with Crippen molar-refractivity contribution in [2.45, 2.75) is 0 Å². The summed E-state index contributed by atoms with van der Waals surface area (Å²) in [7, 11) is 0. The molecule has 36 heavy (non-hydrogen) atoms. The first-order valence-electron chi connectivity index (χ1n) is 12.1. The summed E-state index contributed by atoms with van der Waals surface area (Å²) < 4.78 is 8.77. The van der Waals surface area contributed by atoms with Gasteiger partial charge in [-0.05, 0) is 47.5 Å². The van der Waals surface area contributed by atoms with E-state index in [9.17, 15) is 0 Å². The lowest BCUT2D eigenvalue weighted by atomic mass is 10.00. The fourth-order valence-corrected chi connectivity index (χ4v) is 5.96. The molecule has 0 unspecified atom stereocenters. The standard InChI is InChI=1S/C32H17N3O/c1-2-8-18(9-3-1)19-14-15-26-21(16-19)28-27(36-26)17-22-30-32(34-24-12-6-5-11-23(24)33-30)35-25-13-7-4-10-20(25)29(28)31(22)35/h1-17H. The Kier molecular flexibility index (Phi) is 3.25. The van der Waals surface area contributed by atoms with Gasteiger partial charge >= 0.3 is 0 Å². The lowest BCUT2D eigenvalue weighted by Gasteiger charge is -2.02. The van der Waals surface area contributed by atoms with Crippen LogP contribution < -0.4 is 0 Å². The van der Waals surface area contributed by atoms with Crippen molar-refractivity contribution in [2.75, 3.05) is 0 Å². The second-order valence-corrected chi connectivity index (χ2v) is 9.44. The van der Waals surface area contributed by atoms with E-state index in [2.05, 4.69) is 77.2 Å². The third-order valence-electron chi connectivity index (χ3n) is 7.50. The van der Waals surface area contributed by atoms with Gasteiger partial charge in [0.25, 0.3) is 0 Å². The Balaban J connectivity index is 1.54. The highest BCUT2D eigenvalue weighted by Crippen LogP contribution is 2.45. The second-order valence-electron chi connectivity index (χ2n) is 9.44. The van der Waals surface area contributed by atoms with Gasteiger partial charge in [0.1, 0.15) is 16.7 Å². The molecule has 4 heterocycles. The highest BCUT2D eigenvalue weighted by molar-refractivity contribution is 6.34. The van der Waals surface area contributed by atoms with E-state index in [1.54, 1.807) is 0 Å². The summed E-state index contributed by atoms with van der Waals surface area (Å²) in [6.07, 6.45) is 0. The van der Waals surface area contributed by atoms with Crippen LogP contribution in [0.15, 0.2) is 108 Å². The molecule has 4 heteroatoms. The van der Waals surface area contributed by atoms with Crippen LogP contribution in [0.4, 0.5) is 0 Å². The van der Waals surface area contributed by atoms with Gasteiger partial charge in [0.2, 0.25) is 0 Å². The zero-order chi connectivity index (χ0) is 23.4. The lowest BCUT2D eigenvalue weighted by Crippen LogP contribution is -1.88. The van der Waals surface area contributed by atoms with Gasteiger partial charge in [-0.25, -0.2) is 9.97 Å². The largest absolute Gasteiger partial charge is 0.456 e. The highest BCUT2D eigenvalue weighted by atomic mass is 16.3. The Morgan fingerprint density at radius 1 is 0.556 bits per heavy atom. The number of hydrogen-bond donors (Lipinski definition) is 0. The van der Waals surface area contributed by atoms with Gasteiger partial charge in [-0.2, -0.15) is 0 Å². The van der Waals surface area contributed by atoms with Crippen LogP contribution >= 0.6 is 0 Å². The molecule has 0 amide bonds.